The predicted octanol–water partition coefficient (Wildman–Crippen LogP) is 3.95. The molecule has 7 nitrogen and oxygen atoms in total. The van der Waals surface area contributed by atoms with Crippen LogP contribution in [0.25, 0.3) is 11.4 Å². The highest BCUT2D eigenvalue weighted by Gasteiger charge is 2.17. The van der Waals surface area contributed by atoms with Crippen LogP contribution in [0.2, 0.25) is 5.02 Å². The molecule has 4 rings (SSSR count). The highest BCUT2D eigenvalue weighted by molar-refractivity contribution is 6.30. The van der Waals surface area contributed by atoms with Gasteiger partial charge in [0, 0.05) is 28.7 Å². The van der Waals surface area contributed by atoms with E-state index in [-0.39, 0.29) is 11.9 Å². The minimum absolute atomic E-state index is 0.0796. The second-order valence-electron chi connectivity index (χ2n) is 6.63. The molecule has 2 aromatic carbocycles. The van der Waals surface area contributed by atoms with Gasteiger partial charge in [-0.3, -0.25) is 4.79 Å². The topological polar surface area (TPSA) is 77.6 Å². The lowest BCUT2D eigenvalue weighted by Gasteiger charge is -2.19. The van der Waals surface area contributed by atoms with Gasteiger partial charge in [-0.05, 0) is 59.3 Å². The summed E-state index contributed by atoms with van der Waals surface area (Å²) in [6.45, 7) is 0. The summed E-state index contributed by atoms with van der Waals surface area (Å²) >= 11 is 6.01. The summed E-state index contributed by atoms with van der Waals surface area (Å²) in [6, 6.07) is 18.7. The Morgan fingerprint density at radius 2 is 1.76 bits per heavy atom. The molecule has 1 N–H and O–H groups in total. The number of nitrogens with one attached hydrogen (secondary N) is 1. The number of hydrogen-bond acceptors (Lipinski definition) is 4. The lowest BCUT2D eigenvalue weighted by atomic mass is 10.0. The Hall–Kier alpha value is -3.45. The van der Waals surface area contributed by atoms with Gasteiger partial charge in [0.1, 0.15) is 0 Å². The number of nitrogens with zero attached hydrogens (tertiary/aromatic N) is 5. The van der Waals surface area contributed by atoms with E-state index in [1.165, 1.54) is 4.80 Å². The maximum absolute atomic E-state index is 12.7. The number of carbonyl (C=O) groups is 1. The maximum atomic E-state index is 12.7. The summed E-state index contributed by atoms with van der Waals surface area (Å²) in [6.07, 6.45) is 4.20. The summed E-state index contributed by atoms with van der Waals surface area (Å²) in [7, 11) is 1.72. The minimum Gasteiger partial charge on any atom is -0.346 e. The molecule has 0 saturated heterocycles. The Balaban J connectivity index is 1.47. The maximum Gasteiger partial charge on any atom is 0.226 e. The Morgan fingerprint density at radius 3 is 2.38 bits per heavy atom. The lowest BCUT2D eigenvalue weighted by Crippen LogP contribution is -2.19. The highest BCUT2D eigenvalue weighted by Crippen LogP contribution is 2.25. The molecular weight excluding hydrogens is 388 g/mol. The molecule has 1 atom stereocenters. The van der Waals surface area contributed by atoms with Gasteiger partial charge in [0.2, 0.25) is 11.7 Å². The Kier molecular flexibility index (Phi) is 5.39. The number of rotatable bonds is 6. The first-order chi connectivity index (χ1) is 14.1. The third-order valence-electron chi connectivity index (χ3n) is 4.56. The SMILES string of the molecule is Cn1nnc(-c2ccc(NC(=O)C[C@@H](c3ccc(Cl)cc3)n3cccc3)cc2)n1. The van der Waals surface area contributed by atoms with Crippen molar-refractivity contribution in [1.29, 1.82) is 0 Å². The molecule has 0 fully saturated rings. The molecule has 0 spiro atoms. The molecule has 0 radical (unpaired) electrons. The van der Waals surface area contributed by atoms with Crippen LogP contribution >= 0.6 is 11.6 Å². The number of aryl methyl sites for hydroxylation is 1. The summed E-state index contributed by atoms with van der Waals surface area (Å²) in [5.41, 5.74) is 2.57. The van der Waals surface area contributed by atoms with Gasteiger partial charge in [0.05, 0.1) is 19.5 Å². The normalized spacial score (nSPS) is 11.9. The van der Waals surface area contributed by atoms with Crippen LogP contribution in [0.4, 0.5) is 5.69 Å². The van der Waals surface area contributed by atoms with Gasteiger partial charge in [-0.2, -0.15) is 4.80 Å². The highest BCUT2D eigenvalue weighted by atomic mass is 35.5. The van der Waals surface area contributed by atoms with E-state index >= 15 is 0 Å². The van der Waals surface area contributed by atoms with Crippen LogP contribution in [0.15, 0.2) is 73.1 Å². The van der Waals surface area contributed by atoms with E-state index < -0.39 is 0 Å². The first kappa shape index (κ1) is 18.9. The molecule has 0 bridgehead atoms. The number of tetrazole rings is 1. The van der Waals surface area contributed by atoms with Crippen molar-refractivity contribution in [2.24, 2.45) is 7.05 Å². The van der Waals surface area contributed by atoms with Gasteiger partial charge >= 0.3 is 0 Å². The van der Waals surface area contributed by atoms with E-state index in [2.05, 4.69) is 20.7 Å². The van der Waals surface area contributed by atoms with E-state index in [4.69, 9.17) is 11.6 Å². The van der Waals surface area contributed by atoms with E-state index in [1.54, 1.807) is 7.05 Å². The van der Waals surface area contributed by atoms with Crippen molar-refractivity contribution in [2.75, 3.05) is 5.32 Å². The molecule has 0 unspecified atom stereocenters. The van der Waals surface area contributed by atoms with Crippen LogP contribution in [0, 0.1) is 0 Å². The predicted molar refractivity (Wildman–Crippen MR) is 112 cm³/mol. The average molecular weight is 407 g/mol. The average Bonchev–Trinajstić information content (AvgIpc) is 3.39. The van der Waals surface area contributed by atoms with E-state index in [1.807, 2.05) is 77.6 Å². The van der Waals surface area contributed by atoms with Crippen LogP contribution in [0.3, 0.4) is 0 Å². The van der Waals surface area contributed by atoms with Gasteiger partial charge < -0.3 is 9.88 Å². The number of aromatic nitrogens is 5. The van der Waals surface area contributed by atoms with Crippen molar-refractivity contribution in [3.8, 4) is 11.4 Å². The van der Waals surface area contributed by atoms with Crippen molar-refractivity contribution in [2.45, 2.75) is 12.5 Å². The fourth-order valence-electron chi connectivity index (χ4n) is 3.13. The summed E-state index contributed by atoms with van der Waals surface area (Å²) in [5, 5.41) is 15.6. The largest absolute Gasteiger partial charge is 0.346 e. The quantitative estimate of drug-likeness (QED) is 0.526. The molecule has 2 heterocycles. The molecule has 0 aliphatic rings. The van der Waals surface area contributed by atoms with Crippen LogP contribution in [0.5, 0.6) is 0 Å². The molecule has 146 valence electrons. The molecule has 4 aromatic rings. The van der Waals surface area contributed by atoms with Crippen LogP contribution in [0.1, 0.15) is 18.0 Å². The minimum atomic E-state index is -0.120. The van der Waals surface area contributed by atoms with Crippen molar-refractivity contribution < 1.29 is 4.79 Å². The summed E-state index contributed by atoms with van der Waals surface area (Å²) in [4.78, 5) is 14.1. The van der Waals surface area contributed by atoms with Gasteiger partial charge in [0.25, 0.3) is 0 Å². The van der Waals surface area contributed by atoms with Gasteiger partial charge in [0.15, 0.2) is 0 Å². The number of benzene rings is 2. The number of amides is 1. The molecule has 0 saturated carbocycles. The zero-order valence-corrected chi connectivity index (χ0v) is 16.5. The fraction of sp³-hybridized carbons (Fsp3) is 0.143. The monoisotopic (exact) mass is 406 g/mol. The molecule has 0 aliphatic heterocycles. The van der Waals surface area contributed by atoms with Crippen LogP contribution in [-0.4, -0.2) is 30.7 Å². The smallest absolute Gasteiger partial charge is 0.226 e. The van der Waals surface area contributed by atoms with Gasteiger partial charge in [-0.1, -0.05) is 23.7 Å². The van der Waals surface area contributed by atoms with Crippen molar-refractivity contribution in [1.82, 2.24) is 24.8 Å². The molecule has 8 heteroatoms. The molecule has 2 aromatic heterocycles. The number of anilines is 1. The Morgan fingerprint density at radius 1 is 1.07 bits per heavy atom. The van der Waals surface area contributed by atoms with Gasteiger partial charge in [-0.15, -0.1) is 10.2 Å². The molecule has 1 amide bonds. The second-order valence-corrected chi connectivity index (χ2v) is 7.07. The first-order valence-electron chi connectivity index (χ1n) is 9.11. The Bertz CT molecular complexity index is 1090. The standard InChI is InChI=1S/C21H19ClN6O/c1-27-25-21(24-26-27)16-6-10-18(11-7-16)23-20(29)14-19(28-12-2-3-13-28)15-4-8-17(22)9-5-15/h2-13,19H,14H2,1H3,(H,23,29)/t19-/m0/s1. The summed E-state index contributed by atoms with van der Waals surface area (Å²) < 4.78 is 2.02. The number of halogens is 1. The third-order valence-corrected chi connectivity index (χ3v) is 4.81. The zero-order chi connectivity index (χ0) is 20.2. The molecule has 0 aliphatic carbocycles. The second kappa shape index (κ2) is 8.28. The van der Waals surface area contributed by atoms with Crippen molar-refractivity contribution >= 4 is 23.2 Å². The van der Waals surface area contributed by atoms with Crippen molar-refractivity contribution in [3.63, 3.8) is 0 Å². The van der Waals surface area contributed by atoms with E-state index in [0.29, 0.717) is 23.0 Å². The zero-order valence-electron chi connectivity index (χ0n) is 15.7. The third kappa shape index (κ3) is 4.52. The van der Waals surface area contributed by atoms with Gasteiger partial charge in [-0.25, -0.2) is 0 Å². The fourth-order valence-corrected chi connectivity index (χ4v) is 3.25. The number of hydrogen-bond donors (Lipinski definition) is 1. The van der Waals surface area contributed by atoms with E-state index in [0.717, 1.165) is 11.1 Å². The number of carbonyl (C=O) groups excluding carboxylic acids is 1. The molecule has 29 heavy (non-hydrogen) atoms. The lowest BCUT2D eigenvalue weighted by molar-refractivity contribution is -0.116. The Labute approximate surface area is 172 Å². The van der Waals surface area contributed by atoms with E-state index in [9.17, 15) is 4.79 Å². The summed E-state index contributed by atoms with van der Waals surface area (Å²) in [5.74, 6) is 0.463. The van der Waals surface area contributed by atoms with Crippen LogP contribution in [-0.2, 0) is 11.8 Å². The molecular formula is C21H19ClN6O. The van der Waals surface area contributed by atoms with Crippen LogP contribution < -0.4 is 5.32 Å². The first-order valence-corrected chi connectivity index (χ1v) is 9.48. The van der Waals surface area contributed by atoms with Crippen molar-refractivity contribution in [3.05, 3.63) is 83.6 Å².